The first-order valence-corrected chi connectivity index (χ1v) is 13.3. The molecule has 3 aromatic rings. The Balaban J connectivity index is 1.17. The lowest BCUT2D eigenvalue weighted by Gasteiger charge is -2.28. The molecule has 1 atom stereocenters. The lowest BCUT2D eigenvalue weighted by molar-refractivity contribution is -0.153. The van der Waals surface area contributed by atoms with Crippen LogP contribution < -0.4 is 10.1 Å². The second-order valence-corrected chi connectivity index (χ2v) is 10.2. The maximum atomic E-state index is 13.6. The van der Waals surface area contributed by atoms with E-state index in [2.05, 4.69) is 10.3 Å². The number of halogens is 3. The quantitative estimate of drug-likeness (QED) is 0.385. The fraction of sp³-hybridized carbons (Fsp3) is 0.379. The van der Waals surface area contributed by atoms with Crippen molar-refractivity contribution in [1.29, 1.82) is 0 Å². The first kappa shape index (κ1) is 28.2. The molecule has 0 unspecified atom stereocenters. The molecule has 2 fully saturated rings. The molecular weight excluding hydrogens is 543 g/mol. The molecule has 0 spiro atoms. The number of carboxylic acid groups (broad SMARTS) is 1. The number of hydrogen-bond donors (Lipinski definition) is 2. The number of rotatable bonds is 7. The zero-order chi connectivity index (χ0) is 29.1. The van der Waals surface area contributed by atoms with Crippen molar-refractivity contribution in [3.8, 4) is 17.2 Å². The maximum absolute atomic E-state index is 13.6. The summed E-state index contributed by atoms with van der Waals surface area (Å²) in [6.07, 6.45) is -2.39. The number of aliphatic carboxylic acids is 1. The van der Waals surface area contributed by atoms with Crippen molar-refractivity contribution in [3.05, 3.63) is 66.1 Å². The molecule has 41 heavy (non-hydrogen) atoms. The van der Waals surface area contributed by atoms with E-state index in [0.717, 1.165) is 0 Å². The number of alkyl halides is 3. The number of hydrogen-bond acceptors (Lipinski definition) is 6. The number of carbonyl (C=O) groups excluding carboxylic acids is 2. The monoisotopic (exact) mass is 571 g/mol. The van der Waals surface area contributed by atoms with Crippen molar-refractivity contribution in [2.24, 2.45) is 11.8 Å². The van der Waals surface area contributed by atoms with Crippen LogP contribution in [-0.2, 0) is 15.8 Å². The van der Waals surface area contributed by atoms with Crippen LogP contribution in [0.1, 0.15) is 48.4 Å². The van der Waals surface area contributed by atoms with Gasteiger partial charge in [0.2, 0.25) is 17.6 Å². The topological polar surface area (TPSA) is 122 Å². The highest BCUT2D eigenvalue weighted by atomic mass is 19.4. The Morgan fingerprint density at radius 1 is 0.951 bits per heavy atom. The van der Waals surface area contributed by atoms with E-state index in [9.17, 15) is 27.6 Å². The van der Waals surface area contributed by atoms with Crippen molar-refractivity contribution in [2.45, 2.75) is 44.4 Å². The number of carboxylic acids is 1. The molecule has 1 saturated carbocycles. The average Bonchev–Trinajstić information content (AvgIpc) is 3.62. The van der Waals surface area contributed by atoms with Crippen molar-refractivity contribution in [2.75, 3.05) is 18.4 Å². The normalized spacial score (nSPS) is 21.0. The van der Waals surface area contributed by atoms with Gasteiger partial charge in [0.15, 0.2) is 5.69 Å². The Morgan fingerprint density at radius 2 is 1.61 bits per heavy atom. The second kappa shape index (κ2) is 11.6. The summed E-state index contributed by atoms with van der Waals surface area (Å²) in [5.41, 5.74) is -0.333. The van der Waals surface area contributed by atoms with Crippen molar-refractivity contribution < 1.29 is 41.8 Å². The SMILES string of the molecule is O=C(Nc1ccc(O[C@H]2CCN(C(=O)[C@H]3CC[C@@H](C(=O)O)CC3)C2)cc1)c1nc(-c2ccccc2)oc1C(F)(F)F. The van der Waals surface area contributed by atoms with Crippen LogP contribution in [0.4, 0.5) is 18.9 Å². The number of aromatic nitrogens is 1. The van der Waals surface area contributed by atoms with E-state index in [0.29, 0.717) is 56.5 Å². The molecule has 1 aliphatic heterocycles. The smallest absolute Gasteiger partial charge is 0.452 e. The van der Waals surface area contributed by atoms with Gasteiger partial charge < -0.3 is 24.5 Å². The first-order chi connectivity index (χ1) is 19.6. The van der Waals surface area contributed by atoms with Crippen LogP contribution in [0.15, 0.2) is 59.0 Å². The number of nitrogens with zero attached hydrogens (tertiary/aromatic N) is 2. The molecule has 2 heterocycles. The first-order valence-electron chi connectivity index (χ1n) is 13.3. The number of likely N-dealkylation sites (tertiary alicyclic amines) is 1. The largest absolute Gasteiger partial charge is 0.489 e. The van der Waals surface area contributed by atoms with E-state index in [4.69, 9.17) is 14.3 Å². The summed E-state index contributed by atoms with van der Waals surface area (Å²) in [5.74, 6) is -3.72. The minimum atomic E-state index is -4.92. The summed E-state index contributed by atoms with van der Waals surface area (Å²) >= 11 is 0. The second-order valence-electron chi connectivity index (χ2n) is 10.2. The summed E-state index contributed by atoms with van der Waals surface area (Å²) in [4.78, 5) is 42.4. The Hall–Kier alpha value is -4.35. The van der Waals surface area contributed by atoms with Crippen molar-refractivity contribution in [1.82, 2.24) is 9.88 Å². The van der Waals surface area contributed by atoms with Crippen LogP contribution >= 0.6 is 0 Å². The van der Waals surface area contributed by atoms with E-state index in [1.165, 1.54) is 24.3 Å². The number of ether oxygens (including phenoxy) is 1. The molecule has 2 aromatic carbocycles. The molecule has 2 amide bonds. The van der Waals surface area contributed by atoms with Gasteiger partial charge in [-0.05, 0) is 62.1 Å². The molecule has 1 aliphatic carbocycles. The van der Waals surface area contributed by atoms with Crippen molar-refractivity contribution >= 4 is 23.5 Å². The minimum absolute atomic E-state index is 0.0273. The molecule has 2 aliphatic rings. The predicted octanol–water partition coefficient (Wildman–Crippen LogP) is 5.48. The van der Waals surface area contributed by atoms with Crippen LogP contribution in [0.25, 0.3) is 11.5 Å². The fourth-order valence-electron chi connectivity index (χ4n) is 5.24. The van der Waals surface area contributed by atoms with E-state index in [-0.39, 0.29) is 35.4 Å². The highest BCUT2D eigenvalue weighted by Crippen LogP contribution is 2.36. The van der Waals surface area contributed by atoms with Gasteiger partial charge in [0.05, 0.1) is 12.5 Å². The number of oxazole rings is 1. The number of amides is 2. The van der Waals surface area contributed by atoms with Gasteiger partial charge in [-0.2, -0.15) is 13.2 Å². The van der Waals surface area contributed by atoms with Gasteiger partial charge in [-0.3, -0.25) is 14.4 Å². The van der Waals surface area contributed by atoms with Crippen molar-refractivity contribution in [3.63, 3.8) is 0 Å². The van der Waals surface area contributed by atoms with E-state index in [1.54, 1.807) is 35.2 Å². The molecule has 1 saturated heterocycles. The van der Waals surface area contributed by atoms with Gasteiger partial charge in [-0.25, -0.2) is 4.98 Å². The lowest BCUT2D eigenvalue weighted by atomic mass is 9.81. The highest BCUT2D eigenvalue weighted by molar-refractivity contribution is 6.04. The highest BCUT2D eigenvalue weighted by Gasteiger charge is 2.42. The van der Waals surface area contributed by atoms with Crippen LogP contribution in [0, 0.1) is 11.8 Å². The Morgan fingerprint density at radius 3 is 2.24 bits per heavy atom. The molecular formula is C29H28F3N3O6. The summed E-state index contributed by atoms with van der Waals surface area (Å²) in [6, 6.07) is 14.1. The Kier molecular flexibility index (Phi) is 8.00. The van der Waals surface area contributed by atoms with Crippen LogP contribution in [-0.4, -0.2) is 52.0 Å². The van der Waals surface area contributed by atoms with Crippen LogP contribution in [0.5, 0.6) is 5.75 Å². The predicted molar refractivity (Wildman–Crippen MR) is 140 cm³/mol. The zero-order valence-corrected chi connectivity index (χ0v) is 21.9. The van der Waals surface area contributed by atoms with Gasteiger partial charge in [0.25, 0.3) is 5.91 Å². The van der Waals surface area contributed by atoms with E-state index < -0.39 is 29.5 Å². The number of carbonyl (C=O) groups is 3. The molecule has 12 heteroatoms. The zero-order valence-electron chi connectivity index (χ0n) is 21.9. The van der Waals surface area contributed by atoms with E-state index in [1.807, 2.05) is 0 Å². The van der Waals surface area contributed by atoms with Gasteiger partial charge in [-0.15, -0.1) is 0 Å². The van der Waals surface area contributed by atoms with Gasteiger partial charge in [0, 0.05) is 30.1 Å². The molecule has 2 N–H and O–H groups in total. The number of anilines is 1. The molecule has 0 radical (unpaired) electrons. The maximum Gasteiger partial charge on any atom is 0.452 e. The standard InChI is InChI=1S/C29H28F3N3O6/c30-29(31,32)24-23(34-26(41-24)17-4-2-1-3-5-17)25(36)33-20-10-12-21(13-11-20)40-22-14-15-35(16-22)27(37)18-6-8-19(9-7-18)28(38)39/h1-5,10-13,18-19,22H,6-9,14-16H2,(H,33,36)(H,38,39)/t18-,19+,22-/m0/s1. The number of benzene rings is 2. The fourth-order valence-corrected chi connectivity index (χ4v) is 5.24. The minimum Gasteiger partial charge on any atom is -0.489 e. The van der Waals surface area contributed by atoms with Gasteiger partial charge in [0.1, 0.15) is 11.9 Å². The van der Waals surface area contributed by atoms with Gasteiger partial charge in [-0.1, -0.05) is 18.2 Å². The summed E-state index contributed by atoms with van der Waals surface area (Å²) in [5, 5.41) is 11.6. The summed E-state index contributed by atoms with van der Waals surface area (Å²) in [7, 11) is 0. The van der Waals surface area contributed by atoms with Gasteiger partial charge >= 0.3 is 12.1 Å². The van der Waals surface area contributed by atoms with Crippen LogP contribution in [0.3, 0.4) is 0 Å². The molecule has 216 valence electrons. The van der Waals surface area contributed by atoms with Crippen LogP contribution in [0.2, 0.25) is 0 Å². The molecule has 9 nitrogen and oxygen atoms in total. The van der Waals surface area contributed by atoms with E-state index >= 15 is 0 Å². The Bertz CT molecular complexity index is 1400. The number of nitrogens with one attached hydrogen (secondary N) is 1. The lowest BCUT2D eigenvalue weighted by Crippen LogP contribution is -2.38. The Labute approximate surface area is 233 Å². The summed E-state index contributed by atoms with van der Waals surface area (Å²) < 4.78 is 51.6. The third kappa shape index (κ3) is 6.53. The third-order valence-electron chi connectivity index (χ3n) is 7.42. The molecule has 1 aromatic heterocycles. The third-order valence-corrected chi connectivity index (χ3v) is 7.42. The summed E-state index contributed by atoms with van der Waals surface area (Å²) in [6.45, 7) is 0.951. The average molecular weight is 572 g/mol. The molecule has 5 rings (SSSR count). The molecule has 0 bridgehead atoms.